The molecule has 0 nitrogen and oxygen atoms in total. The molecule has 0 aromatic heterocycles. The van der Waals surface area contributed by atoms with Crippen molar-refractivity contribution in [3.8, 4) is 33.4 Å². The van der Waals surface area contributed by atoms with Crippen molar-refractivity contribution in [2.75, 3.05) is 0 Å². The Bertz CT molecular complexity index is 1670. The summed E-state index contributed by atoms with van der Waals surface area (Å²) in [4.78, 5) is 0. The first kappa shape index (κ1) is 22.9. The van der Waals surface area contributed by atoms with Crippen LogP contribution in [0.5, 0.6) is 0 Å². The van der Waals surface area contributed by atoms with Crippen LogP contribution in [-0.4, -0.2) is 0 Å². The summed E-state index contributed by atoms with van der Waals surface area (Å²) in [5.41, 5.74) is 9.52. The van der Waals surface area contributed by atoms with Gasteiger partial charge in [-0.2, -0.15) is 0 Å². The Morgan fingerprint density at radius 1 is 0.405 bits per heavy atom. The minimum absolute atomic E-state index is 0.213. The van der Waals surface area contributed by atoms with E-state index in [1.165, 1.54) is 56.0 Å². The van der Waals surface area contributed by atoms with Gasteiger partial charge in [0, 0.05) is 0 Å². The lowest BCUT2D eigenvalue weighted by atomic mass is 9.95. The zero-order valence-corrected chi connectivity index (χ0v) is 20.6. The summed E-state index contributed by atoms with van der Waals surface area (Å²) in [6, 6.07) is 41.3. The van der Waals surface area contributed by atoms with E-state index in [0.717, 1.165) is 24.0 Å². The van der Waals surface area contributed by atoms with Gasteiger partial charge < -0.3 is 0 Å². The molecule has 0 spiro atoms. The van der Waals surface area contributed by atoms with Crippen molar-refractivity contribution < 1.29 is 4.39 Å². The minimum atomic E-state index is -0.213. The van der Waals surface area contributed by atoms with Crippen LogP contribution in [0.3, 0.4) is 0 Å². The van der Waals surface area contributed by atoms with Gasteiger partial charge in [-0.3, -0.25) is 0 Å². The highest BCUT2D eigenvalue weighted by Crippen LogP contribution is 2.29. The summed E-state index contributed by atoms with van der Waals surface area (Å²) in [5.74, 6) is -0.213. The number of hydrogen-bond donors (Lipinski definition) is 0. The predicted molar refractivity (Wildman–Crippen MR) is 155 cm³/mol. The van der Waals surface area contributed by atoms with Crippen LogP contribution in [0.1, 0.15) is 18.4 Å². The number of halogens is 1. The number of rotatable bonds is 4. The van der Waals surface area contributed by atoms with Crippen molar-refractivity contribution in [3.63, 3.8) is 0 Å². The molecular weight excluding hydrogens is 451 g/mol. The first-order valence-corrected chi connectivity index (χ1v) is 12.8. The Balaban J connectivity index is 1.19. The molecule has 0 heterocycles. The fourth-order valence-corrected chi connectivity index (χ4v) is 4.98. The van der Waals surface area contributed by atoms with Gasteiger partial charge in [0.1, 0.15) is 5.82 Å². The highest BCUT2D eigenvalue weighted by molar-refractivity contribution is 5.76. The van der Waals surface area contributed by atoms with Gasteiger partial charge in [-0.05, 0) is 79.9 Å². The maximum atomic E-state index is 13.2. The predicted octanol–water partition coefficient (Wildman–Crippen LogP) is 8.27. The van der Waals surface area contributed by atoms with Gasteiger partial charge in [0.05, 0.1) is 0 Å². The molecule has 0 aliphatic heterocycles. The Labute approximate surface area is 217 Å². The SMILES string of the molecule is Fc1ccc(-c2ccc(-c3ccc(-c4ccc(/C5=C/C=c6/cccc/c6=C/CC5)cc4)cc3)cc2)cc1. The molecule has 0 fully saturated rings. The van der Waals surface area contributed by atoms with E-state index < -0.39 is 0 Å². The van der Waals surface area contributed by atoms with E-state index in [9.17, 15) is 4.39 Å². The third kappa shape index (κ3) is 5.08. The summed E-state index contributed by atoms with van der Waals surface area (Å²) in [5, 5.41) is 2.60. The lowest BCUT2D eigenvalue weighted by Crippen LogP contribution is -2.23. The summed E-state index contributed by atoms with van der Waals surface area (Å²) >= 11 is 0. The first-order chi connectivity index (χ1) is 18.2. The fraction of sp³-hybridized carbons (Fsp3) is 0.0556. The molecule has 1 aliphatic rings. The number of allylic oxidation sites excluding steroid dienone is 2. The Hall–Kier alpha value is -4.49. The van der Waals surface area contributed by atoms with E-state index in [2.05, 4.69) is 115 Å². The van der Waals surface area contributed by atoms with E-state index >= 15 is 0 Å². The molecule has 0 radical (unpaired) electrons. The van der Waals surface area contributed by atoms with Crippen molar-refractivity contribution >= 4 is 17.7 Å². The summed E-state index contributed by atoms with van der Waals surface area (Å²) < 4.78 is 13.2. The molecule has 37 heavy (non-hydrogen) atoms. The van der Waals surface area contributed by atoms with Gasteiger partial charge in [0.15, 0.2) is 0 Å². The third-order valence-corrected chi connectivity index (χ3v) is 7.11. The lowest BCUT2D eigenvalue weighted by Gasteiger charge is -2.10. The molecule has 0 saturated carbocycles. The molecule has 0 atom stereocenters. The van der Waals surface area contributed by atoms with Crippen LogP contribution in [0.4, 0.5) is 4.39 Å². The van der Waals surface area contributed by atoms with Gasteiger partial charge in [-0.1, -0.05) is 127 Å². The monoisotopic (exact) mass is 478 g/mol. The maximum absolute atomic E-state index is 13.2. The van der Waals surface area contributed by atoms with Gasteiger partial charge in [-0.25, -0.2) is 4.39 Å². The molecule has 1 heteroatoms. The fourth-order valence-electron chi connectivity index (χ4n) is 4.98. The van der Waals surface area contributed by atoms with Crippen LogP contribution >= 0.6 is 0 Å². The van der Waals surface area contributed by atoms with E-state index in [4.69, 9.17) is 0 Å². The quantitative estimate of drug-likeness (QED) is 0.244. The smallest absolute Gasteiger partial charge is 0.123 e. The number of benzene rings is 5. The standard InChI is InChI=1S/C36H27F/c37-36-24-22-35(23-25-36)34-20-18-33(19-21-34)32-16-14-31(15-17-32)30-12-10-29(11-13-30)28-7-3-6-26-4-1-2-5-27(26)8-9-28/h1-2,4-6,8-25H,3,7H2/b26-6-,27-8-,28-9+. The second kappa shape index (κ2) is 10.2. The second-order valence-corrected chi connectivity index (χ2v) is 9.47. The average molecular weight is 479 g/mol. The van der Waals surface area contributed by atoms with Crippen molar-refractivity contribution in [3.05, 3.63) is 149 Å². The molecule has 0 unspecified atom stereocenters. The van der Waals surface area contributed by atoms with Crippen LogP contribution in [-0.2, 0) is 0 Å². The highest BCUT2D eigenvalue weighted by atomic mass is 19.1. The summed E-state index contributed by atoms with van der Waals surface area (Å²) in [6.07, 6.45) is 8.94. The van der Waals surface area contributed by atoms with Crippen LogP contribution < -0.4 is 10.4 Å². The van der Waals surface area contributed by atoms with Crippen LogP contribution in [0, 0.1) is 5.82 Å². The number of fused-ring (bicyclic) bond motifs is 1. The van der Waals surface area contributed by atoms with Crippen LogP contribution in [0.15, 0.2) is 127 Å². The van der Waals surface area contributed by atoms with E-state index in [1.54, 1.807) is 0 Å². The molecular formula is C36H27F. The number of hydrogen-bond acceptors (Lipinski definition) is 0. The minimum Gasteiger partial charge on any atom is -0.207 e. The molecule has 5 aromatic rings. The van der Waals surface area contributed by atoms with Crippen molar-refractivity contribution in [2.45, 2.75) is 12.8 Å². The molecule has 6 rings (SSSR count). The largest absolute Gasteiger partial charge is 0.207 e. The van der Waals surface area contributed by atoms with Gasteiger partial charge in [0.2, 0.25) is 0 Å². The molecule has 0 bridgehead atoms. The topological polar surface area (TPSA) is 0 Å². The van der Waals surface area contributed by atoms with Gasteiger partial charge in [-0.15, -0.1) is 0 Å². The first-order valence-electron chi connectivity index (χ1n) is 12.8. The third-order valence-electron chi connectivity index (χ3n) is 7.11. The zero-order chi connectivity index (χ0) is 25.0. The molecule has 0 amide bonds. The zero-order valence-electron chi connectivity index (χ0n) is 20.6. The van der Waals surface area contributed by atoms with Crippen LogP contribution in [0.2, 0.25) is 0 Å². The second-order valence-electron chi connectivity index (χ2n) is 9.47. The van der Waals surface area contributed by atoms with Crippen molar-refractivity contribution in [1.82, 2.24) is 0 Å². The maximum Gasteiger partial charge on any atom is 0.123 e. The van der Waals surface area contributed by atoms with E-state index in [1.807, 2.05) is 12.1 Å². The lowest BCUT2D eigenvalue weighted by molar-refractivity contribution is 0.628. The Kier molecular flexibility index (Phi) is 6.35. The molecule has 178 valence electrons. The van der Waals surface area contributed by atoms with E-state index in [0.29, 0.717) is 0 Å². The summed E-state index contributed by atoms with van der Waals surface area (Å²) in [6.45, 7) is 0. The van der Waals surface area contributed by atoms with E-state index in [-0.39, 0.29) is 5.82 Å². The molecule has 1 aliphatic carbocycles. The van der Waals surface area contributed by atoms with Gasteiger partial charge in [0.25, 0.3) is 0 Å². The average Bonchev–Trinajstić information content (AvgIpc) is 2.94. The Morgan fingerprint density at radius 2 is 0.811 bits per heavy atom. The molecule has 5 aromatic carbocycles. The van der Waals surface area contributed by atoms with Gasteiger partial charge >= 0.3 is 0 Å². The van der Waals surface area contributed by atoms with Crippen molar-refractivity contribution in [1.29, 1.82) is 0 Å². The molecule has 0 saturated heterocycles. The highest BCUT2D eigenvalue weighted by Gasteiger charge is 2.06. The molecule has 0 N–H and O–H groups in total. The summed E-state index contributed by atoms with van der Waals surface area (Å²) in [7, 11) is 0. The van der Waals surface area contributed by atoms with Crippen LogP contribution in [0.25, 0.3) is 51.1 Å². The Morgan fingerprint density at radius 3 is 1.30 bits per heavy atom. The normalized spacial score (nSPS) is 16.1. The van der Waals surface area contributed by atoms with Crippen molar-refractivity contribution in [2.24, 2.45) is 0 Å².